The van der Waals surface area contributed by atoms with Crippen molar-refractivity contribution >= 4 is 11.3 Å². The Labute approximate surface area is 130 Å². The predicted octanol–water partition coefficient (Wildman–Crippen LogP) is 4.22. The lowest BCUT2D eigenvalue weighted by Crippen LogP contribution is -2.35. The van der Waals surface area contributed by atoms with E-state index in [1.54, 1.807) is 18.4 Å². The van der Waals surface area contributed by atoms with Crippen LogP contribution in [0.25, 0.3) is 0 Å². The zero-order valence-electron chi connectivity index (χ0n) is 13.1. The largest absolute Gasteiger partial charge is 0.497 e. The molecule has 0 aliphatic carbocycles. The van der Waals surface area contributed by atoms with Crippen LogP contribution in [-0.4, -0.2) is 12.6 Å². The number of hydrogen-bond donors (Lipinski definition) is 1. The first-order valence-electron chi connectivity index (χ1n) is 7.05. The fourth-order valence-electron chi connectivity index (χ4n) is 1.85. The summed E-state index contributed by atoms with van der Waals surface area (Å²) in [5, 5.41) is 5.55. The normalized spacial score (nSPS) is 11.4. The van der Waals surface area contributed by atoms with Crippen LogP contribution in [0.2, 0.25) is 0 Å². The third-order valence-electron chi connectivity index (χ3n) is 3.03. The molecule has 0 spiro atoms. The zero-order valence-corrected chi connectivity index (χ0v) is 13.9. The van der Waals surface area contributed by atoms with Crippen molar-refractivity contribution in [2.45, 2.75) is 39.5 Å². The Bertz CT molecular complexity index is 559. The molecule has 21 heavy (non-hydrogen) atoms. The monoisotopic (exact) mass is 305 g/mol. The van der Waals surface area contributed by atoms with Gasteiger partial charge in [0.05, 0.1) is 7.11 Å². The standard InChI is InChI=1S/C17H23NO2S/c1-17(2,3)18-11-13-7-8-14(19-4)10-16(13)20-12-15-6-5-9-21-15/h5-10,18H,11-12H2,1-4H3. The molecule has 0 fully saturated rings. The lowest BCUT2D eigenvalue weighted by molar-refractivity contribution is 0.301. The average Bonchev–Trinajstić information content (AvgIpc) is 2.95. The summed E-state index contributed by atoms with van der Waals surface area (Å²) in [6.07, 6.45) is 0. The van der Waals surface area contributed by atoms with Crippen molar-refractivity contribution in [2.75, 3.05) is 7.11 Å². The topological polar surface area (TPSA) is 30.5 Å². The van der Waals surface area contributed by atoms with E-state index in [4.69, 9.17) is 9.47 Å². The van der Waals surface area contributed by atoms with E-state index in [0.717, 1.165) is 23.6 Å². The number of rotatable bonds is 6. The second-order valence-electron chi connectivity index (χ2n) is 5.95. The maximum Gasteiger partial charge on any atom is 0.128 e. The highest BCUT2D eigenvalue weighted by atomic mass is 32.1. The molecule has 0 saturated heterocycles. The maximum absolute atomic E-state index is 5.98. The smallest absolute Gasteiger partial charge is 0.128 e. The molecule has 1 heterocycles. The van der Waals surface area contributed by atoms with Crippen LogP contribution in [0.4, 0.5) is 0 Å². The third kappa shape index (κ3) is 5.06. The summed E-state index contributed by atoms with van der Waals surface area (Å²) in [4.78, 5) is 1.22. The third-order valence-corrected chi connectivity index (χ3v) is 3.88. The van der Waals surface area contributed by atoms with Gasteiger partial charge in [-0.05, 0) is 38.3 Å². The van der Waals surface area contributed by atoms with Gasteiger partial charge in [-0.2, -0.15) is 0 Å². The van der Waals surface area contributed by atoms with E-state index in [0.29, 0.717) is 6.61 Å². The van der Waals surface area contributed by atoms with Crippen LogP contribution in [0.15, 0.2) is 35.7 Å². The molecule has 2 aromatic rings. The van der Waals surface area contributed by atoms with Crippen LogP contribution < -0.4 is 14.8 Å². The number of nitrogens with one attached hydrogen (secondary N) is 1. The summed E-state index contributed by atoms with van der Waals surface area (Å²) in [7, 11) is 1.67. The average molecular weight is 305 g/mol. The van der Waals surface area contributed by atoms with Crippen molar-refractivity contribution in [3.05, 3.63) is 46.2 Å². The molecule has 2 rings (SSSR count). The molecule has 4 heteroatoms. The molecule has 0 bridgehead atoms. The van der Waals surface area contributed by atoms with Crippen LogP contribution in [0.1, 0.15) is 31.2 Å². The number of benzene rings is 1. The van der Waals surface area contributed by atoms with Gasteiger partial charge in [-0.3, -0.25) is 0 Å². The summed E-state index contributed by atoms with van der Waals surface area (Å²) in [5.41, 5.74) is 1.22. The van der Waals surface area contributed by atoms with E-state index in [1.807, 2.05) is 18.2 Å². The molecular formula is C17H23NO2S. The summed E-state index contributed by atoms with van der Waals surface area (Å²) < 4.78 is 11.3. The number of ether oxygens (including phenoxy) is 2. The molecule has 0 aliphatic heterocycles. The van der Waals surface area contributed by atoms with Crippen LogP contribution >= 0.6 is 11.3 Å². The van der Waals surface area contributed by atoms with Crippen molar-refractivity contribution in [3.63, 3.8) is 0 Å². The van der Waals surface area contributed by atoms with Crippen LogP contribution in [0.5, 0.6) is 11.5 Å². The van der Waals surface area contributed by atoms with Gasteiger partial charge in [-0.25, -0.2) is 0 Å². The Kier molecular flexibility index (Phi) is 5.26. The molecule has 0 amide bonds. The Hall–Kier alpha value is -1.52. The first kappa shape index (κ1) is 15.9. The van der Waals surface area contributed by atoms with Gasteiger partial charge >= 0.3 is 0 Å². The first-order chi connectivity index (χ1) is 9.98. The van der Waals surface area contributed by atoms with Crippen molar-refractivity contribution in [3.8, 4) is 11.5 Å². The van der Waals surface area contributed by atoms with Gasteiger partial charge in [-0.15, -0.1) is 11.3 Å². The molecule has 0 unspecified atom stereocenters. The summed E-state index contributed by atoms with van der Waals surface area (Å²) in [6.45, 7) is 7.83. The van der Waals surface area contributed by atoms with Gasteiger partial charge in [0.1, 0.15) is 18.1 Å². The molecule has 0 atom stereocenters. The number of methoxy groups -OCH3 is 1. The molecule has 114 valence electrons. The highest BCUT2D eigenvalue weighted by molar-refractivity contribution is 7.09. The molecule has 1 aromatic heterocycles. The Morgan fingerprint density at radius 1 is 1.19 bits per heavy atom. The van der Waals surface area contributed by atoms with Gasteiger partial charge in [0.2, 0.25) is 0 Å². The highest BCUT2D eigenvalue weighted by Crippen LogP contribution is 2.26. The van der Waals surface area contributed by atoms with Crippen LogP contribution in [-0.2, 0) is 13.2 Å². The molecule has 0 aliphatic rings. The van der Waals surface area contributed by atoms with Gasteiger partial charge in [0.25, 0.3) is 0 Å². The predicted molar refractivity (Wildman–Crippen MR) is 88.2 cm³/mol. The summed E-state index contributed by atoms with van der Waals surface area (Å²) in [6, 6.07) is 10.1. The fourth-order valence-corrected chi connectivity index (χ4v) is 2.46. The van der Waals surface area contributed by atoms with Crippen molar-refractivity contribution < 1.29 is 9.47 Å². The molecule has 3 nitrogen and oxygen atoms in total. The van der Waals surface area contributed by atoms with Crippen LogP contribution in [0.3, 0.4) is 0 Å². The van der Waals surface area contributed by atoms with Gasteiger partial charge in [0, 0.05) is 28.6 Å². The minimum atomic E-state index is 0.0744. The molecule has 1 N–H and O–H groups in total. The Morgan fingerprint density at radius 2 is 2.00 bits per heavy atom. The van der Waals surface area contributed by atoms with Gasteiger partial charge < -0.3 is 14.8 Å². The first-order valence-corrected chi connectivity index (χ1v) is 7.93. The van der Waals surface area contributed by atoms with Gasteiger partial charge in [-0.1, -0.05) is 12.1 Å². The van der Waals surface area contributed by atoms with Crippen molar-refractivity contribution in [1.29, 1.82) is 0 Å². The molecule has 0 radical (unpaired) electrons. The summed E-state index contributed by atoms with van der Waals surface area (Å²) in [5.74, 6) is 1.69. The lowest BCUT2D eigenvalue weighted by atomic mass is 10.1. The van der Waals surface area contributed by atoms with Crippen LogP contribution in [0, 0.1) is 0 Å². The van der Waals surface area contributed by atoms with E-state index < -0.39 is 0 Å². The second kappa shape index (κ2) is 6.96. The molecular weight excluding hydrogens is 282 g/mol. The second-order valence-corrected chi connectivity index (χ2v) is 6.98. The highest BCUT2D eigenvalue weighted by Gasteiger charge is 2.12. The van der Waals surface area contributed by atoms with E-state index in [-0.39, 0.29) is 5.54 Å². The fraction of sp³-hybridized carbons (Fsp3) is 0.412. The van der Waals surface area contributed by atoms with Crippen molar-refractivity contribution in [1.82, 2.24) is 5.32 Å². The lowest BCUT2D eigenvalue weighted by Gasteiger charge is -2.22. The quantitative estimate of drug-likeness (QED) is 0.866. The minimum Gasteiger partial charge on any atom is -0.497 e. The van der Waals surface area contributed by atoms with E-state index in [2.05, 4.69) is 43.6 Å². The minimum absolute atomic E-state index is 0.0744. The summed E-state index contributed by atoms with van der Waals surface area (Å²) >= 11 is 1.70. The van der Waals surface area contributed by atoms with E-state index in [9.17, 15) is 0 Å². The molecule has 0 saturated carbocycles. The van der Waals surface area contributed by atoms with E-state index in [1.165, 1.54) is 4.88 Å². The SMILES string of the molecule is COc1ccc(CNC(C)(C)C)c(OCc2cccs2)c1. The van der Waals surface area contributed by atoms with Crippen molar-refractivity contribution in [2.24, 2.45) is 0 Å². The zero-order chi connectivity index (χ0) is 15.3. The van der Waals surface area contributed by atoms with Gasteiger partial charge in [0.15, 0.2) is 0 Å². The Balaban J connectivity index is 2.11. The number of thiophene rings is 1. The number of hydrogen-bond acceptors (Lipinski definition) is 4. The molecule has 1 aromatic carbocycles. The Morgan fingerprint density at radius 3 is 2.62 bits per heavy atom. The van der Waals surface area contributed by atoms with E-state index >= 15 is 0 Å². The maximum atomic E-state index is 5.98.